The molecule has 0 saturated carbocycles. The Bertz CT molecular complexity index is 1290. The second kappa shape index (κ2) is 6.65. The Balaban J connectivity index is 1.66. The van der Waals surface area contributed by atoms with Crippen LogP contribution in [0.5, 0.6) is 0 Å². The predicted octanol–water partition coefficient (Wildman–Crippen LogP) is 4.12. The summed E-state index contributed by atoms with van der Waals surface area (Å²) >= 11 is 1.48. The summed E-state index contributed by atoms with van der Waals surface area (Å²) in [5.41, 5.74) is 3.20. The van der Waals surface area contributed by atoms with Crippen LogP contribution in [-0.4, -0.2) is 19.9 Å². The number of thioether (sulfide) groups is 1. The smallest absolute Gasteiger partial charge is 0.260 e. The zero-order chi connectivity index (χ0) is 19.1. The Morgan fingerprint density at radius 1 is 0.893 bits per heavy atom. The van der Waals surface area contributed by atoms with Gasteiger partial charge >= 0.3 is 0 Å². The molecule has 0 aliphatic carbocycles. The maximum Gasteiger partial charge on any atom is 0.260 e. The minimum atomic E-state index is -0.192. The van der Waals surface area contributed by atoms with Crippen LogP contribution in [0.15, 0.2) is 82.6 Å². The van der Waals surface area contributed by atoms with Gasteiger partial charge in [0.2, 0.25) is 5.78 Å². The van der Waals surface area contributed by atoms with Gasteiger partial charge in [-0.05, 0) is 11.6 Å². The van der Waals surface area contributed by atoms with Crippen molar-refractivity contribution in [1.82, 2.24) is 14.0 Å². The standard InChI is InChI=1S/C22H15N3O2S/c26-19-12-11-17-21(16-9-5-2-6-10-16)25-20(27)13-18(23-22(25)24(17)19)28-14-15-7-3-1-4-8-15/h1-13H,14H2. The lowest BCUT2D eigenvalue weighted by Gasteiger charge is -2.05. The van der Waals surface area contributed by atoms with Crippen LogP contribution in [0.3, 0.4) is 0 Å². The van der Waals surface area contributed by atoms with E-state index < -0.39 is 0 Å². The van der Waals surface area contributed by atoms with Crippen LogP contribution in [0, 0.1) is 0 Å². The van der Waals surface area contributed by atoms with E-state index in [9.17, 15) is 9.59 Å². The molecule has 0 unspecified atom stereocenters. The average Bonchev–Trinajstić information content (AvgIpc) is 3.26. The summed E-state index contributed by atoms with van der Waals surface area (Å²) < 4.78 is 3.04. The summed E-state index contributed by atoms with van der Waals surface area (Å²) in [5.74, 6) is 0.869. The fourth-order valence-electron chi connectivity index (χ4n) is 3.41. The van der Waals surface area contributed by atoms with E-state index in [1.807, 2.05) is 60.7 Å². The van der Waals surface area contributed by atoms with Crippen LogP contribution < -0.4 is 5.56 Å². The van der Waals surface area contributed by atoms with E-state index in [0.717, 1.165) is 11.1 Å². The van der Waals surface area contributed by atoms with Gasteiger partial charge < -0.3 is 0 Å². The van der Waals surface area contributed by atoms with E-state index in [1.54, 1.807) is 6.08 Å². The van der Waals surface area contributed by atoms with Crippen molar-refractivity contribution >= 4 is 29.5 Å². The lowest BCUT2D eigenvalue weighted by atomic mass is 10.1. The maximum atomic E-state index is 13.0. The molecule has 0 atom stereocenters. The van der Waals surface area contributed by atoms with Gasteiger partial charge in [0.1, 0.15) is 5.03 Å². The fourth-order valence-corrected chi connectivity index (χ4v) is 4.25. The first-order valence-electron chi connectivity index (χ1n) is 8.85. The molecular weight excluding hydrogens is 370 g/mol. The third kappa shape index (κ3) is 2.70. The Labute approximate surface area is 165 Å². The molecule has 4 aromatic rings. The minimum Gasteiger partial charge on any atom is -0.269 e. The Morgan fingerprint density at radius 2 is 1.61 bits per heavy atom. The van der Waals surface area contributed by atoms with Gasteiger partial charge in [0, 0.05) is 23.5 Å². The number of aromatic nitrogens is 3. The van der Waals surface area contributed by atoms with Gasteiger partial charge in [-0.15, -0.1) is 11.8 Å². The molecule has 5 nitrogen and oxygen atoms in total. The molecule has 0 fully saturated rings. The molecule has 0 spiro atoms. The summed E-state index contributed by atoms with van der Waals surface area (Å²) in [6.45, 7) is 0. The SMILES string of the molecule is O=C1C=Cc2c(-c3ccccc3)n3c(=O)cc(SCc4ccccc4)nc3n21. The summed E-state index contributed by atoms with van der Waals surface area (Å²) in [6, 6.07) is 21.1. The number of carbonyl (C=O) groups is 1. The highest BCUT2D eigenvalue weighted by Gasteiger charge is 2.26. The molecule has 0 saturated heterocycles. The Morgan fingerprint density at radius 3 is 2.36 bits per heavy atom. The van der Waals surface area contributed by atoms with E-state index in [-0.39, 0.29) is 11.5 Å². The number of imidazole rings is 1. The molecule has 0 N–H and O–H groups in total. The highest BCUT2D eigenvalue weighted by Crippen LogP contribution is 2.31. The van der Waals surface area contributed by atoms with Gasteiger partial charge in [-0.1, -0.05) is 60.7 Å². The van der Waals surface area contributed by atoms with E-state index in [4.69, 9.17) is 0 Å². The molecule has 1 aliphatic heterocycles. The van der Waals surface area contributed by atoms with Crippen LogP contribution in [0.2, 0.25) is 0 Å². The monoisotopic (exact) mass is 385 g/mol. The van der Waals surface area contributed by atoms with Gasteiger partial charge in [-0.3, -0.25) is 9.59 Å². The zero-order valence-corrected chi connectivity index (χ0v) is 15.6. The molecule has 28 heavy (non-hydrogen) atoms. The Hall–Kier alpha value is -3.38. The molecule has 0 amide bonds. The largest absolute Gasteiger partial charge is 0.269 e. The predicted molar refractivity (Wildman–Crippen MR) is 111 cm³/mol. The molecule has 1 aliphatic rings. The number of hydrogen-bond acceptors (Lipinski definition) is 4. The molecule has 2 aromatic heterocycles. The molecule has 136 valence electrons. The van der Waals surface area contributed by atoms with E-state index in [0.29, 0.717) is 27.9 Å². The third-order valence-corrected chi connectivity index (χ3v) is 5.65. The van der Waals surface area contributed by atoms with Crippen molar-refractivity contribution in [2.75, 3.05) is 0 Å². The second-order valence-electron chi connectivity index (χ2n) is 6.45. The normalized spacial score (nSPS) is 12.6. The fraction of sp³-hybridized carbons (Fsp3) is 0.0455. The third-order valence-electron chi connectivity index (χ3n) is 4.67. The van der Waals surface area contributed by atoms with E-state index >= 15 is 0 Å². The maximum absolute atomic E-state index is 13.0. The second-order valence-corrected chi connectivity index (χ2v) is 7.44. The number of rotatable bonds is 4. The summed E-state index contributed by atoms with van der Waals surface area (Å²) in [4.78, 5) is 30.1. The van der Waals surface area contributed by atoms with Crippen molar-refractivity contribution < 1.29 is 4.79 Å². The van der Waals surface area contributed by atoms with Gasteiger partial charge in [0.25, 0.3) is 11.5 Å². The van der Waals surface area contributed by atoms with Gasteiger partial charge in [0.05, 0.1) is 11.4 Å². The van der Waals surface area contributed by atoms with Gasteiger partial charge in [-0.2, -0.15) is 0 Å². The summed E-state index contributed by atoms with van der Waals surface area (Å²) in [5, 5.41) is 0.605. The van der Waals surface area contributed by atoms with Crippen LogP contribution in [-0.2, 0) is 5.75 Å². The molecular formula is C22H15N3O2S. The number of carbonyl (C=O) groups excluding carboxylic acids is 1. The van der Waals surface area contributed by atoms with Gasteiger partial charge in [-0.25, -0.2) is 14.0 Å². The van der Waals surface area contributed by atoms with E-state index in [1.165, 1.54) is 32.9 Å². The first kappa shape index (κ1) is 16.8. The van der Waals surface area contributed by atoms with Crippen molar-refractivity contribution in [2.24, 2.45) is 0 Å². The zero-order valence-electron chi connectivity index (χ0n) is 14.8. The quantitative estimate of drug-likeness (QED) is 0.392. The average molecular weight is 385 g/mol. The van der Waals surface area contributed by atoms with Crippen molar-refractivity contribution in [1.29, 1.82) is 0 Å². The molecule has 0 bridgehead atoms. The first-order chi connectivity index (χ1) is 13.7. The topological polar surface area (TPSA) is 56.4 Å². The summed E-state index contributed by atoms with van der Waals surface area (Å²) in [6.07, 6.45) is 3.26. The van der Waals surface area contributed by atoms with Crippen molar-refractivity contribution in [2.45, 2.75) is 10.8 Å². The molecule has 2 aromatic carbocycles. The Kier molecular flexibility index (Phi) is 3.98. The number of benzene rings is 2. The number of allylic oxidation sites excluding steroid dienone is 1. The van der Waals surface area contributed by atoms with E-state index in [2.05, 4.69) is 4.98 Å². The molecule has 5 rings (SSSR count). The molecule has 6 heteroatoms. The van der Waals surface area contributed by atoms with Gasteiger partial charge in [0.15, 0.2) is 0 Å². The lowest BCUT2D eigenvalue weighted by molar-refractivity contribution is 0.0978. The van der Waals surface area contributed by atoms with Crippen molar-refractivity contribution in [3.8, 4) is 11.3 Å². The van der Waals surface area contributed by atoms with Crippen molar-refractivity contribution in [3.63, 3.8) is 0 Å². The molecule has 0 radical (unpaired) electrons. The van der Waals surface area contributed by atoms with Crippen LogP contribution in [0.25, 0.3) is 23.1 Å². The van der Waals surface area contributed by atoms with Crippen LogP contribution in [0.1, 0.15) is 16.1 Å². The van der Waals surface area contributed by atoms with Crippen molar-refractivity contribution in [3.05, 3.63) is 94.4 Å². The number of nitrogens with zero attached hydrogens (tertiary/aromatic N) is 3. The minimum absolute atomic E-state index is 0.188. The number of fused-ring (bicyclic) bond motifs is 3. The first-order valence-corrected chi connectivity index (χ1v) is 9.84. The lowest BCUT2D eigenvalue weighted by Crippen LogP contribution is -2.16. The highest BCUT2D eigenvalue weighted by molar-refractivity contribution is 7.98. The number of hydrogen-bond donors (Lipinski definition) is 0. The van der Waals surface area contributed by atoms with Crippen LogP contribution in [0.4, 0.5) is 0 Å². The molecule has 3 heterocycles. The van der Waals surface area contributed by atoms with Crippen LogP contribution >= 0.6 is 11.8 Å². The summed E-state index contributed by atoms with van der Waals surface area (Å²) in [7, 11) is 0. The highest BCUT2D eigenvalue weighted by atomic mass is 32.2.